The number of nitrogens with zero attached hydrogens (tertiary/aromatic N) is 3. The lowest BCUT2D eigenvalue weighted by Gasteiger charge is -2.05. The van der Waals surface area contributed by atoms with Gasteiger partial charge in [0.2, 0.25) is 5.89 Å². The molecule has 0 unspecified atom stereocenters. The van der Waals surface area contributed by atoms with E-state index in [9.17, 15) is 4.79 Å². The standard InChI is InChI=1S/C24H18N4O3/c29-23(26-12-10-16-5-4-11-25-14-16)18-8-9-21-19(13-18)22(28-31-21)20-15-30-24(27-20)17-6-2-1-3-7-17/h1-9,11,13-15H,10,12H2,(H,26,29). The van der Waals surface area contributed by atoms with Gasteiger partial charge in [0.15, 0.2) is 5.58 Å². The lowest BCUT2D eigenvalue weighted by molar-refractivity contribution is 0.0954. The van der Waals surface area contributed by atoms with E-state index in [0.717, 1.165) is 11.1 Å². The predicted molar refractivity (Wildman–Crippen MR) is 115 cm³/mol. The molecule has 0 saturated heterocycles. The molecule has 5 rings (SSSR count). The number of oxazole rings is 1. The Morgan fingerprint density at radius 1 is 1.03 bits per heavy atom. The monoisotopic (exact) mass is 410 g/mol. The van der Waals surface area contributed by atoms with E-state index in [2.05, 4.69) is 20.4 Å². The highest BCUT2D eigenvalue weighted by Crippen LogP contribution is 2.30. The van der Waals surface area contributed by atoms with Crippen LogP contribution in [0.2, 0.25) is 0 Å². The summed E-state index contributed by atoms with van der Waals surface area (Å²) in [7, 11) is 0. The van der Waals surface area contributed by atoms with Gasteiger partial charge in [-0.15, -0.1) is 0 Å². The summed E-state index contributed by atoms with van der Waals surface area (Å²) in [4.78, 5) is 21.2. The summed E-state index contributed by atoms with van der Waals surface area (Å²) >= 11 is 0. The molecule has 31 heavy (non-hydrogen) atoms. The molecule has 7 heteroatoms. The molecule has 0 spiro atoms. The van der Waals surface area contributed by atoms with E-state index in [-0.39, 0.29) is 5.91 Å². The van der Waals surface area contributed by atoms with Crippen molar-refractivity contribution in [2.24, 2.45) is 0 Å². The van der Waals surface area contributed by atoms with E-state index < -0.39 is 0 Å². The minimum Gasteiger partial charge on any atom is -0.444 e. The van der Waals surface area contributed by atoms with Gasteiger partial charge in [0, 0.05) is 30.1 Å². The maximum atomic E-state index is 12.6. The first-order valence-corrected chi connectivity index (χ1v) is 9.86. The molecule has 1 N–H and O–H groups in total. The van der Waals surface area contributed by atoms with Crippen molar-refractivity contribution in [1.82, 2.24) is 20.4 Å². The minimum absolute atomic E-state index is 0.164. The Hall–Kier alpha value is -4.26. The molecule has 152 valence electrons. The van der Waals surface area contributed by atoms with Gasteiger partial charge in [0.05, 0.1) is 5.39 Å². The van der Waals surface area contributed by atoms with Crippen LogP contribution in [0.5, 0.6) is 0 Å². The minimum atomic E-state index is -0.164. The predicted octanol–water partition coefficient (Wildman–Crippen LogP) is 4.52. The second kappa shape index (κ2) is 8.23. The number of rotatable bonds is 6. The summed E-state index contributed by atoms with van der Waals surface area (Å²) in [5, 5.41) is 7.78. The Bertz CT molecular complexity index is 1330. The fourth-order valence-corrected chi connectivity index (χ4v) is 3.33. The van der Waals surface area contributed by atoms with E-state index in [4.69, 9.17) is 8.94 Å². The van der Waals surface area contributed by atoms with Gasteiger partial charge in [-0.05, 0) is 48.4 Å². The maximum absolute atomic E-state index is 12.6. The van der Waals surface area contributed by atoms with Crippen LogP contribution in [0.1, 0.15) is 15.9 Å². The third-order valence-corrected chi connectivity index (χ3v) is 4.92. The van der Waals surface area contributed by atoms with E-state index in [1.807, 2.05) is 42.5 Å². The van der Waals surface area contributed by atoms with Crippen LogP contribution in [0.15, 0.2) is 88.3 Å². The normalized spacial score (nSPS) is 11.0. The van der Waals surface area contributed by atoms with Gasteiger partial charge in [-0.2, -0.15) is 0 Å². The van der Waals surface area contributed by atoms with Crippen LogP contribution in [-0.2, 0) is 6.42 Å². The number of aromatic nitrogens is 3. The van der Waals surface area contributed by atoms with Crippen molar-refractivity contribution in [3.8, 4) is 22.8 Å². The SMILES string of the molecule is O=C(NCCc1cccnc1)c1ccc2onc(-c3coc(-c4ccccc4)n3)c2c1. The van der Waals surface area contributed by atoms with Crippen LogP contribution in [0.25, 0.3) is 33.8 Å². The molecule has 0 aliphatic carbocycles. The topological polar surface area (TPSA) is 94.1 Å². The zero-order valence-electron chi connectivity index (χ0n) is 16.5. The third-order valence-electron chi connectivity index (χ3n) is 4.92. The number of carbonyl (C=O) groups is 1. The highest BCUT2D eigenvalue weighted by atomic mass is 16.5. The van der Waals surface area contributed by atoms with E-state index >= 15 is 0 Å². The number of nitrogens with one attached hydrogen (secondary N) is 1. The number of hydrogen-bond acceptors (Lipinski definition) is 6. The van der Waals surface area contributed by atoms with Crippen LogP contribution in [0.4, 0.5) is 0 Å². The van der Waals surface area contributed by atoms with Crippen molar-refractivity contribution in [3.05, 3.63) is 90.4 Å². The maximum Gasteiger partial charge on any atom is 0.251 e. The Morgan fingerprint density at radius 2 is 1.94 bits per heavy atom. The fraction of sp³-hybridized carbons (Fsp3) is 0.0833. The first-order valence-electron chi connectivity index (χ1n) is 9.86. The summed E-state index contributed by atoms with van der Waals surface area (Å²) in [6.45, 7) is 0.517. The lowest BCUT2D eigenvalue weighted by Crippen LogP contribution is -2.25. The smallest absolute Gasteiger partial charge is 0.251 e. The van der Waals surface area contributed by atoms with Gasteiger partial charge in [-0.25, -0.2) is 4.98 Å². The second-order valence-corrected chi connectivity index (χ2v) is 7.01. The third kappa shape index (κ3) is 3.93. The van der Waals surface area contributed by atoms with Crippen molar-refractivity contribution in [2.75, 3.05) is 6.54 Å². The van der Waals surface area contributed by atoms with E-state index in [1.165, 1.54) is 0 Å². The highest BCUT2D eigenvalue weighted by Gasteiger charge is 2.17. The zero-order chi connectivity index (χ0) is 21.0. The lowest BCUT2D eigenvalue weighted by atomic mass is 10.1. The van der Waals surface area contributed by atoms with Crippen molar-refractivity contribution in [3.63, 3.8) is 0 Å². The largest absolute Gasteiger partial charge is 0.444 e. The average Bonchev–Trinajstić information content (AvgIpc) is 3.47. The molecule has 0 radical (unpaired) electrons. The molecule has 3 aromatic heterocycles. The second-order valence-electron chi connectivity index (χ2n) is 7.01. The van der Waals surface area contributed by atoms with Gasteiger partial charge in [0.25, 0.3) is 5.91 Å². The summed E-state index contributed by atoms with van der Waals surface area (Å²) in [6.07, 6.45) is 5.77. The Balaban J connectivity index is 1.36. The molecule has 1 amide bonds. The van der Waals surface area contributed by atoms with Crippen LogP contribution in [-0.4, -0.2) is 27.6 Å². The van der Waals surface area contributed by atoms with Gasteiger partial charge >= 0.3 is 0 Å². The Morgan fingerprint density at radius 3 is 2.77 bits per heavy atom. The molecular formula is C24H18N4O3. The van der Waals surface area contributed by atoms with Gasteiger partial charge in [0.1, 0.15) is 17.7 Å². The van der Waals surface area contributed by atoms with Crippen LogP contribution >= 0.6 is 0 Å². The molecular weight excluding hydrogens is 392 g/mol. The molecule has 7 nitrogen and oxygen atoms in total. The highest BCUT2D eigenvalue weighted by molar-refractivity contribution is 6.00. The molecule has 0 aliphatic heterocycles. The molecule has 0 aliphatic rings. The van der Waals surface area contributed by atoms with Crippen LogP contribution in [0, 0.1) is 0 Å². The summed E-state index contributed by atoms with van der Waals surface area (Å²) < 4.78 is 11.0. The van der Waals surface area contributed by atoms with Crippen molar-refractivity contribution < 1.29 is 13.7 Å². The molecule has 0 fully saturated rings. The first kappa shape index (κ1) is 18.7. The quantitative estimate of drug-likeness (QED) is 0.442. The van der Waals surface area contributed by atoms with Gasteiger partial charge in [-0.1, -0.05) is 29.4 Å². The number of pyridine rings is 1. The Labute approximate surface area is 177 Å². The number of fused-ring (bicyclic) bond motifs is 1. The van der Waals surface area contributed by atoms with Crippen molar-refractivity contribution in [2.45, 2.75) is 6.42 Å². The number of carbonyl (C=O) groups excluding carboxylic acids is 1. The van der Waals surface area contributed by atoms with Gasteiger partial charge in [-0.3, -0.25) is 9.78 Å². The van der Waals surface area contributed by atoms with E-state index in [1.54, 1.807) is 36.9 Å². The number of benzene rings is 2. The molecule has 0 bridgehead atoms. The van der Waals surface area contributed by atoms with Crippen molar-refractivity contribution >= 4 is 16.9 Å². The van der Waals surface area contributed by atoms with Gasteiger partial charge < -0.3 is 14.3 Å². The fourth-order valence-electron chi connectivity index (χ4n) is 3.33. The summed E-state index contributed by atoms with van der Waals surface area (Å²) in [5.41, 5.74) is 4.12. The average molecular weight is 410 g/mol. The summed E-state index contributed by atoms with van der Waals surface area (Å²) in [5.74, 6) is 0.333. The Kier molecular flexibility index (Phi) is 4.98. The first-order chi connectivity index (χ1) is 15.3. The van der Waals surface area contributed by atoms with Crippen LogP contribution < -0.4 is 5.32 Å². The number of hydrogen-bond donors (Lipinski definition) is 1. The molecule has 2 aromatic carbocycles. The summed E-state index contributed by atoms with van der Waals surface area (Å²) in [6, 6.07) is 18.7. The molecule has 5 aromatic rings. The van der Waals surface area contributed by atoms with Crippen molar-refractivity contribution in [1.29, 1.82) is 0 Å². The molecule has 0 saturated carbocycles. The molecule has 0 atom stereocenters. The van der Waals surface area contributed by atoms with E-state index in [0.29, 0.717) is 46.8 Å². The number of amides is 1. The van der Waals surface area contributed by atoms with Crippen LogP contribution in [0.3, 0.4) is 0 Å². The zero-order valence-corrected chi connectivity index (χ0v) is 16.5. The molecule has 3 heterocycles.